The maximum atomic E-state index is 13.4. The molecule has 186 valence electrons. The van der Waals surface area contributed by atoms with Crippen LogP contribution in [0, 0.1) is 0 Å². The molecule has 0 aliphatic carbocycles. The molecule has 35 heavy (non-hydrogen) atoms. The number of ether oxygens (including phenoxy) is 1. The number of urea groups is 1. The van der Waals surface area contributed by atoms with Crippen molar-refractivity contribution in [1.29, 1.82) is 0 Å². The Kier molecular flexibility index (Phi) is 6.74. The lowest BCUT2D eigenvalue weighted by molar-refractivity contribution is 0.155. The Morgan fingerprint density at radius 1 is 1.26 bits per heavy atom. The van der Waals surface area contributed by atoms with Gasteiger partial charge in [-0.05, 0) is 57.6 Å². The maximum absolute atomic E-state index is 13.4. The zero-order chi connectivity index (χ0) is 24.7. The number of likely N-dealkylation sites (N-methyl/N-ethyl adjacent to an activating group) is 2. The van der Waals surface area contributed by atoms with Crippen molar-refractivity contribution in [2.24, 2.45) is 0 Å². The number of aromatic nitrogens is 2. The summed E-state index contributed by atoms with van der Waals surface area (Å²) < 4.78 is 7.82. The molecule has 8 nitrogen and oxygen atoms in total. The zero-order valence-electron chi connectivity index (χ0n) is 20.2. The number of carbonyl (C=O) groups is 1. The van der Waals surface area contributed by atoms with Gasteiger partial charge in [-0.15, -0.1) is 11.3 Å². The van der Waals surface area contributed by atoms with Crippen LogP contribution in [0.1, 0.15) is 25.8 Å². The second-order valence-electron chi connectivity index (χ2n) is 9.34. The Bertz CT molecular complexity index is 1310. The van der Waals surface area contributed by atoms with Crippen molar-refractivity contribution in [3.05, 3.63) is 46.0 Å². The highest BCUT2D eigenvalue weighted by atomic mass is 35.5. The van der Waals surface area contributed by atoms with E-state index in [1.165, 1.54) is 11.3 Å². The van der Waals surface area contributed by atoms with Crippen molar-refractivity contribution in [2.75, 3.05) is 46.9 Å². The molecular weight excluding hydrogens is 486 g/mol. The Balaban J connectivity index is 1.35. The third kappa shape index (κ3) is 4.64. The van der Waals surface area contributed by atoms with Gasteiger partial charge in [0.05, 0.1) is 29.5 Å². The Hall–Kier alpha value is -2.62. The first-order valence-corrected chi connectivity index (χ1v) is 13.2. The smallest absolute Gasteiger partial charge is 0.320 e. The van der Waals surface area contributed by atoms with E-state index in [9.17, 15) is 9.59 Å². The number of amides is 2. The summed E-state index contributed by atoms with van der Waals surface area (Å²) in [5.74, 6) is 0.716. The van der Waals surface area contributed by atoms with Crippen LogP contribution in [0.15, 0.2) is 35.4 Å². The summed E-state index contributed by atoms with van der Waals surface area (Å²) in [5, 5.41) is 0.574. The number of nitrogens with zero attached hydrogens (tertiary/aromatic N) is 5. The molecule has 2 atom stereocenters. The third-order valence-electron chi connectivity index (χ3n) is 7.02. The van der Waals surface area contributed by atoms with E-state index in [4.69, 9.17) is 16.3 Å². The van der Waals surface area contributed by atoms with Crippen molar-refractivity contribution >= 4 is 39.2 Å². The lowest BCUT2D eigenvalue weighted by atomic mass is 10.2. The van der Waals surface area contributed by atoms with Gasteiger partial charge in [-0.2, -0.15) is 0 Å². The minimum Gasteiger partial charge on any atom is -0.494 e. The van der Waals surface area contributed by atoms with Crippen molar-refractivity contribution < 1.29 is 9.53 Å². The van der Waals surface area contributed by atoms with Crippen molar-refractivity contribution in [3.63, 3.8) is 0 Å². The molecule has 2 aliphatic rings. The molecule has 2 aliphatic heterocycles. The quantitative estimate of drug-likeness (QED) is 0.510. The topological polar surface area (TPSA) is 70.9 Å². The number of carbonyl (C=O) groups excluding carboxylic acids is 1. The summed E-state index contributed by atoms with van der Waals surface area (Å²) in [6, 6.07) is 7.70. The molecular formula is C25H30ClN5O3S. The van der Waals surface area contributed by atoms with Gasteiger partial charge in [0.15, 0.2) is 0 Å². The Morgan fingerprint density at radius 3 is 2.80 bits per heavy atom. The molecule has 2 amide bonds. The highest BCUT2D eigenvalue weighted by Crippen LogP contribution is 2.37. The van der Waals surface area contributed by atoms with Gasteiger partial charge in [0, 0.05) is 43.2 Å². The van der Waals surface area contributed by atoms with Gasteiger partial charge >= 0.3 is 6.03 Å². The second kappa shape index (κ2) is 9.79. The fraction of sp³-hybridized carbons (Fsp3) is 0.480. The molecule has 2 aromatic heterocycles. The fourth-order valence-electron chi connectivity index (χ4n) is 5.02. The van der Waals surface area contributed by atoms with E-state index in [1.807, 2.05) is 42.0 Å². The summed E-state index contributed by atoms with van der Waals surface area (Å²) in [5.41, 5.74) is 1.44. The van der Waals surface area contributed by atoms with Gasteiger partial charge in [0.1, 0.15) is 10.4 Å². The number of benzene rings is 1. The first-order chi connectivity index (χ1) is 16.9. The number of rotatable bonds is 5. The molecule has 10 heteroatoms. The van der Waals surface area contributed by atoms with Gasteiger partial charge < -0.3 is 19.4 Å². The maximum Gasteiger partial charge on any atom is 0.320 e. The van der Waals surface area contributed by atoms with Crippen LogP contribution in [-0.4, -0.2) is 83.2 Å². The molecule has 0 bridgehead atoms. The van der Waals surface area contributed by atoms with Crippen LogP contribution < -0.4 is 10.3 Å². The molecule has 0 unspecified atom stereocenters. The van der Waals surface area contributed by atoms with Crippen LogP contribution in [-0.2, 0) is 0 Å². The van der Waals surface area contributed by atoms with Crippen molar-refractivity contribution in [1.82, 2.24) is 24.3 Å². The van der Waals surface area contributed by atoms with Crippen molar-refractivity contribution in [3.8, 4) is 16.2 Å². The number of halogens is 1. The molecule has 5 rings (SSSR count). The molecule has 4 heterocycles. The van der Waals surface area contributed by atoms with Crippen LogP contribution in [0.4, 0.5) is 4.79 Å². The van der Waals surface area contributed by atoms with Gasteiger partial charge in [-0.3, -0.25) is 9.36 Å². The standard InChI is InChI=1S/C25H30ClN5O3S/c1-4-34-18-5-6-19(20(26)11-18)22-12-21-23(35-22)24(32)31(15-27-21)17-8-10-30(14-17)25(33)29(3)16-7-9-28(2)13-16/h5-6,11-12,15-17H,4,7-10,13-14H2,1-3H3/t16-,17-/m0/s1. The second-order valence-corrected chi connectivity index (χ2v) is 10.8. The summed E-state index contributed by atoms with van der Waals surface area (Å²) >= 11 is 7.90. The van der Waals surface area contributed by atoms with E-state index < -0.39 is 0 Å². The lowest BCUT2D eigenvalue weighted by Crippen LogP contribution is -2.46. The molecule has 0 N–H and O–H groups in total. The number of hydrogen-bond donors (Lipinski definition) is 0. The number of fused-ring (bicyclic) bond motifs is 1. The molecule has 0 spiro atoms. The predicted molar refractivity (Wildman–Crippen MR) is 140 cm³/mol. The van der Waals surface area contributed by atoms with Gasteiger partial charge in [0.25, 0.3) is 5.56 Å². The largest absolute Gasteiger partial charge is 0.494 e. The summed E-state index contributed by atoms with van der Waals surface area (Å²) in [6.07, 6.45) is 3.35. The van der Waals surface area contributed by atoms with Crippen LogP contribution >= 0.6 is 22.9 Å². The van der Waals surface area contributed by atoms with Gasteiger partial charge in [-0.1, -0.05) is 11.6 Å². The van der Waals surface area contributed by atoms with E-state index in [2.05, 4.69) is 16.9 Å². The van der Waals surface area contributed by atoms with Gasteiger partial charge in [-0.25, -0.2) is 9.78 Å². The van der Waals surface area contributed by atoms with Crippen LogP contribution in [0.25, 0.3) is 20.7 Å². The fourth-order valence-corrected chi connectivity index (χ4v) is 6.44. The van der Waals surface area contributed by atoms with Crippen LogP contribution in [0.2, 0.25) is 5.02 Å². The minimum atomic E-state index is -0.0809. The van der Waals surface area contributed by atoms with E-state index in [-0.39, 0.29) is 23.7 Å². The Morgan fingerprint density at radius 2 is 2.09 bits per heavy atom. The molecule has 2 saturated heterocycles. The van der Waals surface area contributed by atoms with E-state index in [0.29, 0.717) is 40.7 Å². The highest BCUT2D eigenvalue weighted by molar-refractivity contribution is 7.22. The molecule has 0 saturated carbocycles. The van der Waals surface area contributed by atoms with Crippen LogP contribution in [0.3, 0.4) is 0 Å². The molecule has 3 aromatic rings. The summed E-state index contributed by atoms with van der Waals surface area (Å²) in [7, 11) is 3.97. The summed E-state index contributed by atoms with van der Waals surface area (Å²) in [6.45, 7) is 5.56. The predicted octanol–water partition coefficient (Wildman–Crippen LogP) is 4.18. The van der Waals surface area contributed by atoms with Gasteiger partial charge in [0.2, 0.25) is 0 Å². The first-order valence-electron chi connectivity index (χ1n) is 12.0. The number of likely N-dealkylation sites (tertiary alicyclic amines) is 2. The monoisotopic (exact) mass is 515 g/mol. The van der Waals surface area contributed by atoms with Crippen molar-refractivity contribution in [2.45, 2.75) is 31.8 Å². The van der Waals surface area contributed by atoms with E-state index in [0.717, 1.165) is 36.4 Å². The Labute approximate surface area is 213 Å². The molecule has 1 aromatic carbocycles. The normalized spacial score (nSPS) is 20.6. The molecule has 0 radical (unpaired) electrons. The average molecular weight is 516 g/mol. The first kappa shape index (κ1) is 24.1. The summed E-state index contributed by atoms with van der Waals surface area (Å²) in [4.78, 5) is 37.9. The van der Waals surface area contributed by atoms with E-state index >= 15 is 0 Å². The zero-order valence-corrected chi connectivity index (χ0v) is 21.8. The highest BCUT2D eigenvalue weighted by Gasteiger charge is 2.34. The number of hydrogen-bond acceptors (Lipinski definition) is 6. The molecule has 2 fully saturated rings. The van der Waals surface area contributed by atoms with E-state index in [1.54, 1.807) is 17.0 Å². The minimum absolute atomic E-state index is 0.0402. The lowest BCUT2D eigenvalue weighted by Gasteiger charge is -2.29. The average Bonchev–Trinajstić information content (AvgIpc) is 3.58. The van der Waals surface area contributed by atoms with Crippen LogP contribution in [0.5, 0.6) is 5.75 Å². The number of thiophene rings is 1. The SMILES string of the molecule is CCOc1ccc(-c2cc3ncn([C@H]4CCN(C(=O)N(C)[C@H]5CCN(C)C5)C4)c(=O)c3s2)c(Cl)c1. The third-order valence-corrected chi connectivity index (χ3v) is 8.48.